The van der Waals surface area contributed by atoms with Crippen LogP contribution in [0.5, 0.6) is 0 Å². The summed E-state index contributed by atoms with van der Waals surface area (Å²) in [6.45, 7) is 1.55. The van der Waals surface area contributed by atoms with E-state index in [0.717, 1.165) is 38.8 Å². The molecule has 4 atom stereocenters. The summed E-state index contributed by atoms with van der Waals surface area (Å²) < 4.78 is 0. The molecule has 1 amide bonds. The van der Waals surface area contributed by atoms with Gasteiger partial charge in [-0.1, -0.05) is 6.42 Å². The molecule has 18 heavy (non-hydrogen) atoms. The Bertz CT molecular complexity index is 384. The lowest BCUT2D eigenvalue weighted by Gasteiger charge is -2.28. The highest BCUT2D eigenvalue weighted by Gasteiger charge is 2.52. The predicted molar refractivity (Wildman–Crippen MR) is 65.0 cm³/mol. The van der Waals surface area contributed by atoms with E-state index in [1.165, 1.54) is 0 Å². The normalized spacial score (nSPS) is 40.5. The zero-order chi connectivity index (χ0) is 12.9. The number of carboxylic acid groups (broad SMARTS) is 1. The summed E-state index contributed by atoms with van der Waals surface area (Å²) in [5, 5.41) is 9.48. The number of carboxylic acids is 1. The van der Waals surface area contributed by atoms with E-state index in [4.69, 9.17) is 0 Å². The molecule has 5 heteroatoms. The number of aliphatic carboxylic acids is 1. The molecular weight excluding hydrogens is 232 g/mol. The first kappa shape index (κ1) is 12.0. The van der Waals surface area contributed by atoms with E-state index >= 15 is 0 Å². The Labute approximate surface area is 107 Å². The Kier molecular flexibility index (Phi) is 2.81. The van der Waals surface area contributed by atoms with Crippen molar-refractivity contribution in [2.75, 3.05) is 20.1 Å². The maximum atomic E-state index is 12.1. The van der Waals surface area contributed by atoms with E-state index in [9.17, 15) is 14.7 Å². The number of hydrogen-bond acceptors (Lipinski definition) is 3. The summed E-state index contributed by atoms with van der Waals surface area (Å²) in [7, 11) is 1.80. The van der Waals surface area contributed by atoms with Gasteiger partial charge >= 0.3 is 5.97 Å². The van der Waals surface area contributed by atoms with Crippen LogP contribution in [-0.4, -0.2) is 59.0 Å². The Balaban J connectivity index is 1.83. The molecule has 0 spiro atoms. The second-order valence-corrected chi connectivity index (χ2v) is 5.90. The first-order valence-corrected chi connectivity index (χ1v) is 6.83. The quantitative estimate of drug-likeness (QED) is 0.773. The standard InChI is InChI=1S/C13H20N2O3/c1-14-6-5-10(12(14)16)15-7-8-3-2-4-9(8)11(15)13(17)18/h8-11H,2-7H2,1H3,(H,17,18). The highest BCUT2D eigenvalue weighted by molar-refractivity contribution is 5.85. The number of rotatable bonds is 2. The average molecular weight is 252 g/mol. The highest BCUT2D eigenvalue weighted by Crippen LogP contribution is 2.43. The van der Waals surface area contributed by atoms with Crippen LogP contribution in [0.25, 0.3) is 0 Å². The van der Waals surface area contributed by atoms with Crippen LogP contribution in [0, 0.1) is 11.8 Å². The molecule has 3 rings (SSSR count). The van der Waals surface area contributed by atoms with Gasteiger partial charge in [-0.3, -0.25) is 14.5 Å². The van der Waals surface area contributed by atoms with Gasteiger partial charge in [-0.05, 0) is 31.1 Å². The number of fused-ring (bicyclic) bond motifs is 1. The highest BCUT2D eigenvalue weighted by atomic mass is 16.4. The van der Waals surface area contributed by atoms with Gasteiger partial charge in [0.2, 0.25) is 5.91 Å². The molecule has 4 unspecified atom stereocenters. The molecule has 1 saturated carbocycles. The summed E-state index contributed by atoms with van der Waals surface area (Å²) in [4.78, 5) is 27.3. The minimum atomic E-state index is -0.744. The molecule has 3 aliphatic rings. The first-order valence-electron chi connectivity index (χ1n) is 6.83. The van der Waals surface area contributed by atoms with Crippen LogP contribution in [-0.2, 0) is 9.59 Å². The molecule has 0 aromatic carbocycles. The fourth-order valence-corrected chi connectivity index (χ4v) is 4.10. The number of nitrogens with zero attached hydrogens (tertiary/aromatic N) is 2. The van der Waals surface area contributed by atoms with Gasteiger partial charge in [0.05, 0.1) is 6.04 Å². The van der Waals surface area contributed by atoms with Crippen molar-refractivity contribution in [1.82, 2.24) is 9.80 Å². The van der Waals surface area contributed by atoms with Gasteiger partial charge in [0.1, 0.15) is 6.04 Å². The van der Waals surface area contributed by atoms with Gasteiger partial charge in [0, 0.05) is 20.1 Å². The average Bonchev–Trinajstić information content (AvgIpc) is 2.94. The van der Waals surface area contributed by atoms with E-state index in [2.05, 4.69) is 0 Å². The van der Waals surface area contributed by atoms with E-state index in [1.54, 1.807) is 11.9 Å². The van der Waals surface area contributed by atoms with Gasteiger partial charge < -0.3 is 10.0 Å². The van der Waals surface area contributed by atoms with Gasteiger partial charge in [0.15, 0.2) is 0 Å². The number of amides is 1. The molecular formula is C13H20N2O3. The lowest BCUT2D eigenvalue weighted by Crippen LogP contribution is -2.48. The smallest absolute Gasteiger partial charge is 0.321 e. The third-order valence-corrected chi connectivity index (χ3v) is 4.98. The van der Waals surface area contributed by atoms with E-state index in [1.807, 2.05) is 4.90 Å². The van der Waals surface area contributed by atoms with Gasteiger partial charge in [-0.25, -0.2) is 0 Å². The van der Waals surface area contributed by atoms with E-state index in [0.29, 0.717) is 5.92 Å². The van der Waals surface area contributed by atoms with Crippen molar-refractivity contribution < 1.29 is 14.7 Å². The van der Waals surface area contributed by atoms with E-state index < -0.39 is 12.0 Å². The number of likely N-dealkylation sites (tertiary alicyclic amines) is 2. The van der Waals surface area contributed by atoms with Crippen molar-refractivity contribution in [3.05, 3.63) is 0 Å². The fraction of sp³-hybridized carbons (Fsp3) is 0.846. The summed E-state index contributed by atoms with van der Waals surface area (Å²) in [6, 6.07) is -0.625. The molecule has 5 nitrogen and oxygen atoms in total. The van der Waals surface area contributed by atoms with Crippen molar-refractivity contribution in [3.63, 3.8) is 0 Å². The van der Waals surface area contributed by atoms with Crippen LogP contribution < -0.4 is 0 Å². The van der Waals surface area contributed by atoms with Crippen LogP contribution in [0.2, 0.25) is 0 Å². The minimum absolute atomic E-state index is 0.0984. The third-order valence-electron chi connectivity index (χ3n) is 4.98. The number of carbonyl (C=O) groups excluding carboxylic acids is 1. The van der Waals surface area contributed by atoms with Crippen molar-refractivity contribution in [2.45, 2.75) is 37.8 Å². The Hall–Kier alpha value is -1.10. The molecule has 1 N–H and O–H groups in total. The molecule has 2 heterocycles. The monoisotopic (exact) mass is 252 g/mol. The second-order valence-electron chi connectivity index (χ2n) is 5.90. The second kappa shape index (κ2) is 4.23. The van der Waals surface area contributed by atoms with Gasteiger partial charge in [-0.2, -0.15) is 0 Å². The maximum Gasteiger partial charge on any atom is 0.321 e. The van der Waals surface area contributed by atoms with Crippen molar-refractivity contribution in [2.24, 2.45) is 11.8 Å². The zero-order valence-corrected chi connectivity index (χ0v) is 10.7. The summed E-state index contributed by atoms with van der Waals surface area (Å²) in [5.41, 5.74) is 0. The largest absolute Gasteiger partial charge is 0.480 e. The van der Waals surface area contributed by atoms with Crippen molar-refractivity contribution >= 4 is 11.9 Å². The van der Waals surface area contributed by atoms with Gasteiger partial charge in [-0.15, -0.1) is 0 Å². The summed E-state index contributed by atoms with van der Waals surface area (Å²) in [5.74, 6) is 0.110. The topological polar surface area (TPSA) is 60.9 Å². The van der Waals surface area contributed by atoms with Crippen molar-refractivity contribution in [3.8, 4) is 0 Å². The molecule has 2 aliphatic heterocycles. The van der Waals surface area contributed by atoms with E-state index in [-0.39, 0.29) is 17.9 Å². The van der Waals surface area contributed by atoms with Crippen LogP contribution in [0.4, 0.5) is 0 Å². The first-order chi connectivity index (χ1) is 8.59. The maximum absolute atomic E-state index is 12.1. The molecule has 0 aromatic rings. The molecule has 0 radical (unpaired) electrons. The Morgan fingerprint density at radius 1 is 1.33 bits per heavy atom. The summed E-state index contributed by atoms with van der Waals surface area (Å²) in [6.07, 6.45) is 4.06. The van der Waals surface area contributed by atoms with Crippen LogP contribution in [0.1, 0.15) is 25.7 Å². The van der Waals surface area contributed by atoms with Crippen LogP contribution in [0.15, 0.2) is 0 Å². The lowest BCUT2D eigenvalue weighted by molar-refractivity contribution is -0.145. The molecule has 3 fully saturated rings. The Morgan fingerprint density at radius 2 is 2.11 bits per heavy atom. The zero-order valence-electron chi connectivity index (χ0n) is 10.7. The minimum Gasteiger partial charge on any atom is -0.480 e. The number of carbonyl (C=O) groups is 2. The number of likely N-dealkylation sites (N-methyl/N-ethyl adjacent to an activating group) is 1. The molecule has 0 bridgehead atoms. The molecule has 2 saturated heterocycles. The van der Waals surface area contributed by atoms with Gasteiger partial charge in [0.25, 0.3) is 0 Å². The fourth-order valence-electron chi connectivity index (χ4n) is 4.10. The molecule has 0 aromatic heterocycles. The summed E-state index contributed by atoms with van der Waals surface area (Å²) >= 11 is 0. The van der Waals surface area contributed by atoms with Crippen molar-refractivity contribution in [1.29, 1.82) is 0 Å². The van der Waals surface area contributed by atoms with Crippen LogP contribution >= 0.6 is 0 Å². The molecule has 1 aliphatic carbocycles. The Morgan fingerprint density at radius 3 is 2.72 bits per heavy atom. The number of hydrogen-bond donors (Lipinski definition) is 1. The third kappa shape index (κ3) is 1.64. The predicted octanol–water partition coefficient (Wildman–Crippen LogP) is 0.402. The van der Waals surface area contributed by atoms with Crippen LogP contribution in [0.3, 0.4) is 0 Å². The lowest BCUT2D eigenvalue weighted by atomic mass is 9.94. The SMILES string of the molecule is CN1CCC(N2CC3CCCC3C2C(=O)O)C1=O. The molecule has 100 valence electrons.